The van der Waals surface area contributed by atoms with Crippen LogP contribution in [0.2, 0.25) is 5.02 Å². The molecule has 122 valence electrons. The molecule has 1 aliphatic rings. The Kier molecular flexibility index (Phi) is 4.02. The van der Waals surface area contributed by atoms with Crippen molar-refractivity contribution in [1.82, 2.24) is 19.7 Å². The highest BCUT2D eigenvalue weighted by molar-refractivity contribution is 6.30. The number of nitrogens with zero attached hydrogens (tertiary/aromatic N) is 4. The summed E-state index contributed by atoms with van der Waals surface area (Å²) in [5, 5.41) is 9.12. The number of halogens is 1. The molecule has 1 aromatic carbocycles. The van der Waals surface area contributed by atoms with Crippen molar-refractivity contribution in [3.63, 3.8) is 0 Å². The van der Waals surface area contributed by atoms with Crippen LogP contribution in [0.5, 0.6) is 0 Å². The SMILES string of the molecule is CC(C)(C)OC(=O)N1CCn2c(nnc2-c2cccc(Cl)c2)C1. The Balaban J connectivity index is 1.80. The molecule has 0 unspecified atom stereocenters. The lowest BCUT2D eigenvalue weighted by Crippen LogP contribution is -2.41. The standard InChI is InChI=1S/C16H19ClN4O2/c1-16(2,3)23-15(22)20-7-8-21-13(10-20)18-19-14(21)11-5-4-6-12(17)9-11/h4-6,9H,7-8,10H2,1-3H3. The minimum atomic E-state index is -0.506. The fourth-order valence-corrected chi connectivity index (χ4v) is 2.67. The number of hydrogen-bond donors (Lipinski definition) is 0. The molecule has 23 heavy (non-hydrogen) atoms. The Morgan fingerprint density at radius 2 is 2.04 bits per heavy atom. The first-order valence-electron chi connectivity index (χ1n) is 7.49. The molecule has 0 radical (unpaired) electrons. The summed E-state index contributed by atoms with van der Waals surface area (Å²) < 4.78 is 7.43. The van der Waals surface area contributed by atoms with E-state index >= 15 is 0 Å². The average molecular weight is 335 g/mol. The lowest BCUT2D eigenvalue weighted by Gasteiger charge is -2.30. The highest BCUT2D eigenvalue weighted by Gasteiger charge is 2.28. The second-order valence-corrected chi connectivity index (χ2v) is 6.94. The second kappa shape index (κ2) is 5.85. The Bertz CT molecular complexity index is 736. The third kappa shape index (κ3) is 3.47. The zero-order chi connectivity index (χ0) is 16.6. The van der Waals surface area contributed by atoms with Crippen LogP contribution in [-0.2, 0) is 17.8 Å². The van der Waals surface area contributed by atoms with Crippen molar-refractivity contribution in [2.24, 2.45) is 0 Å². The largest absolute Gasteiger partial charge is 0.444 e. The number of aromatic nitrogens is 3. The van der Waals surface area contributed by atoms with Gasteiger partial charge in [0.15, 0.2) is 11.6 Å². The number of ether oxygens (including phenoxy) is 1. The highest BCUT2D eigenvalue weighted by Crippen LogP contribution is 2.24. The zero-order valence-electron chi connectivity index (χ0n) is 13.4. The molecule has 0 fully saturated rings. The Hall–Kier alpha value is -2.08. The number of fused-ring (bicyclic) bond motifs is 1. The number of benzene rings is 1. The quantitative estimate of drug-likeness (QED) is 0.802. The average Bonchev–Trinajstić information content (AvgIpc) is 2.88. The number of rotatable bonds is 1. The van der Waals surface area contributed by atoms with Gasteiger partial charge >= 0.3 is 6.09 Å². The first kappa shape index (κ1) is 15.8. The molecule has 0 saturated carbocycles. The molecule has 3 rings (SSSR count). The summed E-state index contributed by atoms with van der Waals surface area (Å²) in [5.41, 5.74) is 0.413. The summed E-state index contributed by atoms with van der Waals surface area (Å²) in [6.07, 6.45) is -0.323. The number of carbonyl (C=O) groups is 1. The summed E-state index contributed by atoms with van der Waals surface area (Å²) in [5.74, 6) is 1.52. The Morgan fingerprint density at radius 3 is 2.74 bits per heavy atom. The summed E-state index contributed by atoms with van der Waals surface area (Å²) in [4.78, 5) is 13.8. The van der Waals surface area contributed by atoms with Crippen molar-refractivity contribution < 1.29 is 9.53 Å². The van der Waals surface area contributed by atoms with Crippen LogP contribution in [0.3, 0.4) is 0 Å². The molecule has 1 aliphatic heterocycles. The van der Waals surface area contributed by atoms with Crippen LogP contribution in [0.15, 0.2) is 24.3 Å². The monoisotopic (exact) mass is 334 g/mol. The summed E-state index contributed by atoms with van der Waals surface area (Å²) >= 11 is 6.04. The topological polar surface area (TPSA) is 60.2 Å². The lowest BCUT2D eigenvalue weighted by atomic mass is 10.2. The van der Waals surface area contributed by atoms with Crippen molar-refractivity contribution in [3.05, 3.63) is 35.1 Å². The van der Waals surface area contributed by atoms with Crippen LogP contribution in [0, 0.1) is 0 Å². The van der Waals surface area contributed by atoms with E-state index < -0.39 is 5.60 Å². The molecule has 2 heterocycles. The van der Waals surface area contributed by atoms with E-state index in [1.807, 2.05) is 49.6 Å². The highest BCUT2D eigenvalue weighted by atomic mass is 35.5. The zero-order valence-corrected chi connectivity index (χ0v) is 14.2. The number of hydrogen-bond acceptors (Lipinski definition) is 4. The van der Waals surface area contributed by atoms with E-state index in [-0.39, 0.29) is 6.09 Å². The van der Waals surface area contributed by atoms with Crippen molar-refractivity contribution in [2.45, 2.75) is 39.5 Å². The molecule has 1 amide bonds. The second-order valence-electron chi connectivity index (χ2n) is 6.50. The summed E-state index contributed by atoms with van der Waals surface area (Å²) in [7, 11) is 0. The van der Waals surface area contributed by atoms with Crippen LogP contribution in [0.1, 0.15) is 26.6 Å². The van der Waals surface area contributed by atoms with Crippen molar-refractivity contribution in [2.75, 3.05) is 6.54 Å². The van der Waals surface area contributed by atoms with Gasteiger partial charge in [0.1, 0.15) is 5.60 Å². The van der Waals surface area contributed by atoms with Gasteiger partial charge in [-0.25, -0.2) is 4.79 Å². The predicted molar refractivity (Wildman–Crippen MR) is 87.1 cm³/mol. The molecule has 0 aliphatic carbocycles. The molecule has 0 bridgehead atoms. The molecule has 0 N–H and O–H groups in total. The van der Waals surface area contributed by atoms with Crippen molar-refractivity contribution in [3.8, 4) is 11.4 Å². The van der Waals surface area contributed by atoms with E-state index in [2.05, 4.69) is 10.2 Å². The van der Waals surface area contributed by atoms with Gasteiger partial charge in [0.2, 0.25) is 0 Å². The molecule has 2 aromatic rings. The molecule has 0 spiro atoms. The minimum Gasteiger partial charge on any atom is -0.444 e. The minimum absolute atomic E-state index is 0.323. The molecular weight excluding hydrogens is 316 g/mol. The van der Waals surface area contributed by atoms with Gasteiger partial charge in [0.05, 0.1) is 6.54 Å². The first-order valence-corrected chi connectivity index (χ1v) is 7.87. The normalized spacial score (nSPS) is 14.5. The maximum Gasteiger partial charge on any atom is 0.410 e. The maximum atomic E-state index is 12.2. The number of carbonyl (C=O) groups excluding carboxylic acids is 1. The van der Waals surface area contributed by atoms with Gasteiger partial charge in [-0.3, -0.25) is 4.90 Å². The van der Waals surface area contributed by atoms with E-state index in [1.165, 1.54) is 0 Å². The third-order valence-corrected chi connectivity index (χ3v) is 3.72. The van der Waals surface area contributed by atoms with E-state index in [0.717, 1.165) is 17.2 Å². The van der Waals surface area contributed by atoms with Gasteiger partial charge in [-0.15, -0.1) is 10.2 Å². The maximum absolute atomic E-state index is 12.2. The molecule has 7 heteroatoms. The smallest absolute Gasteiger partial charge is 0.410 e. The van der Waals surface area contributed by atoms with Crippen molar-refractivity contribution in [1.29, 1.82) is 0 Å². The van der Waals surface area contributed by atoms with Gasteiger partial charge in [0.25, 0.3) is 0 Å². The van der Waals surface area contributed by atoms with Gasteiger partial charge in [-0.05, 0) is 32.9 Å². The lowest BCUT2D eigenvalue weighted by molar-refractivity contribution is 0.0196. The fourth-order valence-electron chi connectivity index (χ4n) is 2.48. The van der Waals surface area contributed by atoms with Crippen LogP contribution in [0.4, 0.5) is 4.79 Å². The molecule has 6 nitrogen and oxygen atoms in total. The van der Waals surface area contributed by atoms with E-state index in [1.54, 1.807) is 4.90 Å². The van der Waals surface area contributed by atoms with Gasteiger partial charge in [-0.2, -0.15) is 0 Å². The Morgan fingerprint density at radius 1 is 1.26 bits per heavy atom. The number of amides is 1. The van der Waals surface area contributed by atoms with Crippen LogP contribution in [0.25, 0.3) is 11.4 Å². The van der Waals surface area contributed by atoms with E-state index in [4.69, 9.17) is 16.3 Å². The van der Waals surface area contributed by atoms with Crippen LogP contribution >= 0.6 is 11.6 Å². The van der Waals surface area contributed by atoms with E-state index in [0.29, 0.717) is 24.7 Å². The fraction of sp³-hybridized carbons (Fsp3) is 0.438. The third-order valence-electron chi connectivity index (χ3n) is 3.49. The van der Waals surface area contributed by atoms with Gasteiger partial charge in [0, 0.05) is 23.7 Å². The molecule has 1 aromatic heterocycles. The first-order chi connectivity index (χ1) is 10.8. The van der Waals surface area contributed by atoms with E-state index in [9.17, 15) is 4.79 Å². The summed E-state index contributed by atoms with van der Waals surface area (Å²) in [6, 6.07) is 7.51. The van der Waals surface area contributed by atoms with Crippen LogP contribution < -0.4 is 0 Å². The van der Waals surface area contributed by atoms with Crippen molar-refractivity contribution >= 4 is 17.7 Å². The predicted octanol–water partition coefficient (Wildman–Crippen LogP) is 3.35. The van der Waals surface area contributed by atoms with Gasteiger partial charge in [-0.1, -0.05) is 23.7 Å². The molecule has 0 atom stereocenters. The molecular formula is C16H19ClN4O2. The van der Waals surface area contributed by atoms with Crippen LogP contribution in [-0.4, -0.2) is 37.9 Å². The van der Waals surface area contributed by atoms with Gasteiger partial charge < -0.3 is 9.30 Å². The summed E-state index contributed by atoms with van der Waals surface area (Å²) in [6.45, 7) is 7.15. The Labute approximate surface area is 140 Å². The molecule has 0 saturated heterocycles.